The Morgan fingerprint density at radius 2 is 1.93 bits per heavy atom. The van der Waals surface area contributed by atoms with Crippen molar-refractivity contribution >= 4 is 23.2 Å². The van der Waals surface area contributed by atoms with Crippen molar-refractivity contribution in [1.82, 2.24) is 0 Å². The second-order valence-electron chi connectivity index (χ2n) is 8.71. The quantitative estimate of drug-likeness (QED) is 0.778. The van der Waals surface area contributed by atoms with Gasteiger partial charge in [-0.1, -0.05) is 33.3 Å². The molecule has 27 heavy (non-hydrogen) atoms. The van der Waals surface area contributed by atoms with Crippen molar-refractivity contribution in [2.45, 2.75) is 53.4 Å². The second-order valence-corrected chi connectivity index (χ2v) is 8.71. The third-order valence-electron chi connectivity index (χ3n) is 5.23. The molecule has 1 fully saturated rings. The highest BCUT2D eigenvalue weighted by molar-refractivity contribution is 6.02. The molecule has 1 aliphatic heterocycles. The zero-order valence-electron chi connectivity index (χ0n) is 16.8. The van der Waals surface area contributed by atoms with Crippen molar-refractivity contribution in [2.75, 3.05) is 23.4 Å². The Kier molecular flexibility index (Phi) is 5.59. The highest BCUT2D eigenvalue weighted by atomic mass is 16.5. The predicted molar refractivity (Wildman–Crippen MR) is 108 cm³/mol. The summed E-state index contributed by atoms with van der Waals surface area (Å²) in [5.41, 5.74) is 2.14. The number of amides is 2. The van der Waals surface area contributed by atoms with E-state index < -0.39 is 5.41 Å². The molecule has 3 rings (SSSR count). The summed E-state index contributed by atoms with van der Waals surface area (Å²) in [6.07, 6.45) is 6.04. The van der Waals surface area contributed by atoms with Gasteiger partial charge < -0.3 is 15.0 Å². The van der Waals surface area contributed by atoms with Crippen molar-refractivity contribution < 1.29 is 14.3 Å². The van der Waals surface area contributed by atoms with Gasteiger partial charge in [0.05, 0.1) is 12.2 Å². The van der Waals surface area contributed by atoms with Gasteiger partial charge >= 0.3 is 0 Å². The number of allylic oxidation sites excluding steroid dienone is 1. The van der Waals surface area contributed by atoms with E-state index in [1.165, 1.54) is 5.57 Å². The fraction of sp³-hybridized carbons (Fsp3) is 0.545. The number of nitrogens with zero attached hydrogens (tertiary/aromatic N) is 1. The fourth-order valence-corrected chi connectivity index (χ4v) is 3.55. The normalized spacial score (nSPS) is 19.8. The van der Waals surface area contributed by atoms with Gasteiger partial charge in [-0.2, -0.15) is 0 Å². The van der Waals surface area contributed by atoms with Crippen molar-refractivity contribution in [2.24, 2.45) is 11.3 Å². The molecular formula is C22H30N2O3. The largest absolute Gasteiger partial charge is 0.490 e. The van der Waals surface area contributed by atoms with Gasteiger partial charge in [0.15, 0.2) is 0 Å². The lowest BCUT2D eigenvalue weighted by atomic mass is 9.87. The number of hydrogen-bond acceptors (Lipinski definition) is 3. The fourth-order valence-electron chi connectivity index (χ4n) is 3.55. The number of nitrogens with one attached hydrogen (secondary N) is 1. The van der Waals surface area contributed by atoms with Gasteiger partial charge in [-0.3, -0.25) is 9.59 Å². The van der Waals surface area contributed by atoms with Crippen LogP contribution in [0.25, 0.3) is 0 Å². The Labute approximate surface area is 161 Å². The first-order valence-corrected chi connectivity index (χ1v) is 9.83. The van der Waals surface area contributed by atoms with Gasteiger partial charge in [0.2, 0.25) is 11.8 Å². The molecule has 0 bridgehead atoms. The summed E-state index contributed by atoms with van der Waals surface area (Å²) in [7, 11) is 0. The van der Waals surface area contributed by atoms with Crippen LogP contribution in [0.5, 0.6) is 5.75 Å². The van der Waals surface area contributed by atoms with Crippen LogP contribution in [0, 0.1) is 11.3 Å². The van der Waals surface area contributed by atoms with E-state index in [0.29, 0.717) is 24.6 Å². The molecule has 0 spiro atoms. The van der Waals surface area contributed by atoms with Crippen LogP contribution < -0.4 is 15.0 Å². The molecule has 1 heterocycles. The van der Waals surface area contributed by atoms with Gasteiger partial charge in [-0.15, -0.1) is 0 Å². The first kappa shape index (κ1) is 19.5. The third-order valence-corrected chi connectivity index (χ3v) is 5.23. The van der Waals surface area contributed by atoms with E-state index in [9.17, 15) is 9.59 Å². The summed E-state index contributed by atoms with van der Waals surface area (Å²) in [5, 5.41) is 2.94. The molecule has 0 aromatic heterocycles. The van der Waals surface area contributed by atoms with Crippen LogP contribution in [0.4, 0.5) is 11.4 Å². The van der Waals surface area contributed by atoms with Crippen LogP contribution in [-0.2, 0) is 9.59 Å². The summed E-state index contributed by atoms with van der Waals surface area (Å²) in [5.74, 6) is 1.37. The number of anilines is 2. The first-order valence-electron chi connectivity index (χ1n) is 9.83. The molecule has 2 aliphatic rings. The summed E-state index contributed by atoms with van der Waals surface area (Å²) < 4.78 is 5.69. The minimum absolute atomic E-state index is 0.0500. The first-order chi connectivity index (χ1) is 12.7. The number of fused-ring (bicyclic) bond motifs is 1. The Morgan fingerprint density at radius 3 is 2.59 bits per heavy atom. The summed E-state index contributed by atoms with van der Waals surface area (Å²) in [4.78, 5) is 26.9. The lowest BCUT2D eigenvalue weighted by Crippen LogP contribution is -2.44. The van der Waals surface area contributed by atoms with Gasteiger partial charge in [0.25, 0.3) is 0 Å². The van der Waals surface area contributed by atoms with Crippen molar-refractivity contribution in [3.8, 4) is 5.75 Å². The van der Waals surface area contributed by atoms with Crippen molar-refractivity contribution in [3.05, 3.63) is 29.8 Å². The molecular weight excluding hydrogens is 340 g/mol. The van der Waals surface area contributed by atoms with Crippen molar-refractivity contribution in [1.29, 1.82) is 0 Å². The molecule has 0 atom stereocenters. The average Bonchev–Trinajstić information content (AvgIpc) is 2.61. The van der Waals surface area contributed by atoms with E-state index in [-0.39, 0.29) is 11.8 Å². The van der Waals surface area contributed by atoms with Gasteiger partial charge in [-0.05, 0) is 49.8 Å². The number of ether oxygens (including phenoxy) is 1. The number of hydrogen-bond donors (Lipinski definition) is 1. The number of rotatable bonds is 2. The Morgan fingerprint density at radius 1 is 1.22 bits per heavy atom. The van der Waals surface area contributed by atoms with E-state index in [4.69, 9.17) is 4.74 Å². The van der Waals surface area contributed by atoms with E-state index >= 15 is 0 Å². The Bertz CT molecular complexity index is 751. The van der Waals surface area contributed by atoms with E-state index in [0.717, 1.165) is 37.3 Å². The molecule has 1 N–H and O–H groups in total. The Balaban J connectivity index is 1.76. The lowest BCUT2D eigenvalue weighted by Gasteiger charge is -2.34. The summed E-state index contributed by atoms with van der Waals surface area (Å²) >= 11 is 0. The zero-order chi connectivity index (χ0) is 19.6. The van der Waals surface area contributed by atoms with E-state index in [1.807, 2.05) is 39.0 Å². The Hall–Kier alpha value is -2.30. The molecule has 146 valence electrons. The summed E-state index contributed by atoms with van der Waals surface area (Å²) in [6.45, 7) is 8.98. The zero-order valence-corrected chi connectivity index (χ0v) is 16.8. The van der Waals surface area contributed by atoms with Crippen LogP contribution in [0.1, 0.15) is 53.4 Å². The van der Waals surface area contributed by atoms with Gasteiger partial charge in [0.1, 0.15) is 12.4 Å². The molecule has 1 aromatic rings. The maximum absolute atomic E-state index is 12.8. The maximum atomic E-state index is 12.8. The number of carbonyl (C=O) groups is 2. The monoisotopic (exact) mass is 370 g/mol. The molecule has 5 heteroatoms. The van der Waals surface area contributed by atoms with E-state index in [2.05, 4.69) is 12.2 Å². The minimum atomic E-state index is -0.476. The summed E-state index contributed by atoms with van der Waals surface area (Å²) in [6, 6.07) is 5.48. The van der Waals surface area contributed by atoms with Crippen LogP contribution in [0.15, 0.2) is 29.8 Å². The SMILES string of the molecule is CC1CCC(=CC(=O)Nc2ccc3c(c2)N(C(=O)C(C)(C)C)CCO3)CC1. The van der Waals surface area contributed by atoms with E-state index in [1.54, 1.807) is 11.0 Å². The molecule has 1 aliphatic carbocycles. The standard InChI is InChI=1S/C22H30N2O3/c1-15-5-7-16(8-6-15)13-20(25)23-17-9-10-19-18(14-17)24(11-12-27-19)21(26)22(2,3)4/h9-10,13-15H,5-8,11-12H2,1-4H3,(H,23,25). The topological polar surface area (TPSA) is 58.6 Å². The smallest absolute Gasteiger partial charge is 0.248 e. The molecule has 0 saturated heterocycles. The van der Waals surface area contributed by atoms with Crippen LogP contribution in [0.3, 0.4) is 0 Å². The maximum Gasteiger partial charge on any atom is 0.248 e. The minimum Gasteiger partial charge on any atom is -0.490 e. The van der Waals surface area contributed by atoms with Gasteiger partial charge in [0, 0.05) is 17.2 Å². The molecule has 2 amide bonds. The van der Waals surface area contributed by atoms with Crippen LogP contribution in [-0.4, -0.2) is 25.0 Å². The highest BCUT2D eigenvalue weighted by Gasteiger charge is 2.32. The number of benzene rings is 1. The number of carbonyl (C=O) groups excluding carboxylic acids is 2. The molecule has 0 unspecified atom stereocenters. The second kappa shape index (κ2) is 7.75. The van der Waals surface area contributed by atoms with Crippen LogP contribution in [0.2, 0.25) is 0 Å². The van der Waals surface area contributed by atoms with Crippen LogP contribution >= 0.6 is 0 Å². The average molecular weight is 370 g/mol. The van der Waals surface area contributed by atoms with Gasteiger partial charge in [-0.25, -0.2) is 0 Å². The van der Waals surface area contributed by atoms with Crippen molar-refractivity contribution in [3.63, 3.8) is 0 Å². The molecule has 0 radical (unpaired) electrons. The predicted octanol–water partition coefficient (Wildman–Crippen LogP) is 4.53. The highest BCUT2D eigenvalue weighted by Crippen LogP contribution is 2.36. The molecule has 5 nitrogen and oxygen atoms in total. The molecule has 1 saturated carbocycles. The lowest BCUT2D eigenvalue weighted by molar-refractivity contribution is -0.126. The molecule has 1 aromatic carbocycles. The third kappa shape index (κ3) is 4.71.